The summed E-state index contributed by atoms with van der Waals surface area (Å²) in [5.41, 5.74) is 0.498. The SMILES string of the molecule is CC(C)(C)NC(=O)C1CCN(S(=O)(=O)Cc2cccc(Br)c2)CC1. The Morgan fingerprint density at radius 3 is 2.46 bits per heavy atom. The molecule has 2 rings (SSSR count). The Bertz CT molecular complexity index is 690. The summed E-state index contributed by atoms with van der Waals surface area (Å²) < 4.78 is 27.5. The number of hydrogen-bond acceptors (Lipinski definition) is 3. The van der Waals surface area contributed by atoms with Crippen LogP contribution >= 0.6 is 15.9 Å². The van der Waals surface area contributed by atoms with Gasteiger partial charge < -0.3 is 5.32 Å². The Kier molecular flexibility index (Phi) is 6.09. The van der Waals surface area contributed by atoms with Crippen LogP contribution in [0.5, 0.6) is 0 Å². The van der Waals surface area contributed by atoms with Crippen LogP contribution in [0.4, 0.5) is 0 Å². The standard InChI is InChI=1S/C17H25BrN2O3S/c1-17(2,3)19-16(21)14-7-9-20(10-8-14)24(22,23)12-13-5-4-6-15(18)11-13/h4-6,11,14H,7-10,12H2,1-3H3,(H,19,21). The summed E-state index contributed by atoms with van der Waals surface area (Å²) >= 11 is 3.36. The molecule has 0 saturated carbocycles. The monoisotopic (exact) mass is 416 g/mol. The molecule has 1 saturated heterocycles. The third kappa shape index (κ3) is 5.57. The third-order valence-corrected chi connectivity index (χ3v) is 6.30. The van der Waals surface area contributed by atoms with Crippen molar-refractivity contribution in [2.75, 3.05) is 13.1 Å². The number of nitrogens with zero attached hydrogens (tertiary/aromatic N) is 1. The molecule has 0 atom stereocenters. The number of hydrogen-bond donors (Lipinski definition) is 1. The van der Waals surface area contributed by atoms with E-state index in [1.54, 1.807) is 0 Å². The first-order valence-electron chi connectivity index (χ1n) is 8.11. The highest BCUT2D eigenvalue weighted by atomic mass is 79.9. The van der Waals surface area contributed by atoms with Crippen LogP contribution in [0.25, 0.3) is 0 Å². The number of nitrogens with one attached hydrogen (secondary N) is 1. The molecule has 24 heavy (non-hydrogen) atoms. The molecule has 0 aliphatic carbocycles. The normalized spacial score (nSPS) is 17.7. The van der Waals surface area contributed by atoms with Gasteiger partial charge in [0.1, 0.15) is 0 Å². The fourth-order valence-corrected chi connectivity index (χ4v) is 4.79. The Morgan fingerprint density at radius 1 is 1.29 bits per heavy atom. The summed E-state index contributed by atoms with van der Waals surface area (Å²) in [7, 11) is -3.36. The third-order valence-electron chi connectivity index (χ3n) is 3.95. The molecule has 1 aliphatic heterocycles. The van der Waals surface area contributed by atoms with Crippen molar-refractivity contribution in [3.63, 3.8) is 0 Å². The molecule has 0 aromatic heterocycles. The van der Waals surface area contributed by atoms with Crippen LogP contribution in [-0.4, -0.2) is 37.3 Å². The lowest BCUT2D eigenvalue weighted by atomic mass is 9.96. The zero-order chi connectivity index (χ0) is 18.0. The molecule has 5 nitrogen and oxygen atoms in total. The van der Waals surface area contributed by atoms with E-state index in [4.69, 9.17) is 0 Å². The number of sulfonamides is 1. The molecular formula is C17H25BrN2O3S. The van der Waals surface area contributed by atoms with E-state index >= 15 is 0 Å². The van der Waals surface area contributed by atoms with Gasteiger partial charge in [0.25, 0.3) is 0 Å². The van der Waals surface area contributed by atoms with Crippen molar-refractivity contribution in [1.29, 1.82) is 0 Å². The van der Waals surface area contributed by atoms with Gasteiger partial charge in [0.05, 0.1) is 5.75 Å². The minimum absolute atomic E-state index is 0.00864. The fraction of sp³-hybridized carbons (Fsp3) is 0.588. The predicted octanol–water partition coefficient (Wildman–Crippen LogP) is 2.91. The number of rotatable bonds is 4. The summed E-state index contributed by atoms with van der Waals surface area (Å²) in [6.07, 6.45) is 1.14. The van der Waals surface area contributed by atoms with E-state index in [-0.39, 0.29) is 23.1 Å². The molecular weight excluding hydrogens is 392 g/mol. The molecule has 1 aromatic carbocycles. The number of halogens is 1. The van der Waals surface area contributed by atoms with E-state index in [0.717, 1.165) is 10.0 Å². The maximum atomic E-state index is 12.6. The quantitative estimate of drug-likeness (QED) is 0.820. The maximum Gasteiger partial charge on any atom is 0.223 e. The Hall–Kier alpha value is -0.920. The van der Waals surface area contributed by atoms with Crippen LogP contribution in [-0.2, 0) is 20.6 Å². The van der Waals surface area contributed by atoms with Gasteiger partial charge in [-0.2, -0.15) is 0 Å². The number of carbonyl (C=O) groups is 1. The second kappa shape index (κ2) is 7.54. The second-order valence-corrected chi connectivity index (χ2v) is 10.2. The molecule has 1 fully saturated rings. The smallest absolute Gasteiger partial charge is 0.223 e. The van der Waals surface area contributed by atoms with Gasteiger partial charge in [0, 0.05) is 29.0 Å². The molecule has 1 amide bonds. The van der Waals surface area contributed by atoms with Gasteiger partial charge in [-0.3, -0.25) is 4.79 Å². The van der Waals surface area contributed by atoms with Crippen molar-refractivity contribution in [2.45, 2.75) is 44.9 Å². The van der Waals surface area contributed by atoms with Crippen LogP contribution in [0, 0.1) is 5.92 Å². The van der Waals surface area contributed by atoms with Crippen molar-refractivity contribution in [2.24, 2.45) is 5.92 Å². The van der Waals surface area contributed by atoms with Gasteiger partial charge in [-0.1, -0.05) is 28.1 Å². The Morgan fingerprint density at radius 2 is 1.92 bits per heavy atom. The first kappa shape index (κ1) is 19.4. The van der Waals surface area contributed by atoms with E-state index < -0.39 is 10.0 Å². The van der Waals surface area contributed by atoms with Gasteiger partial charge in [-0.15, -0.1) is 0 Å². The largest absolute Gasteiger partial charge is 0.351 e. The van der Waals surface area contributed by atoms with Gasteiger partial charge in [0.2, 0.25) is 15.9 Å². The zero-order valence-corrected chi connectivity index (χ0v) is 16.8. The number of piperidine rings is 1. The van der Waals surface area contributed by atoms with Gasteiger partial charge in [-0.25, -0.2) is 12.7 Å². The molecule has 134 valence electrons. The summed E-state index contributed by atoms with van der Waals surface area (Å²) in [6, 6.07) is 7.33. The first-order valence-corrected chi connectivity index (χ1v) is 10.5. The molecule has 0 unspecified atom stereocenters. The highest BCUT2D eigenvalue weighted by molar-refractivity contribution is 9.10. The van der Waals surface area contributed by atoms with E-state index in [1.165, 1.54) is 4.31 Å². The number of carbonyl (C=O) groups excluding carboxylic acids is 1. The van der Waals surface area contributed by atoms with Gasteiger partial charge in [0.15, 0.2) is 0 Å². The molecule has 1 aromatic rings. The summed E-state index contributed by atoms with van der Waals surface area (Å²) in [6.45, 7) is 6.64. The number of benzene rings is 1. The van der Waals surface area contributed by atoms with Gasteiger partial charge >= 0.3 is 0 Å². The topological polar surface area (TPSA) is 66.5 Å². The first-order chi connectivity index (χ1) is 11.1. The van der Waals surface area contributed by atoms with Crippen LogP contribution in [0.2, 0.25) is 0 Å². The van der Waals surface area contributed by atoms with Crippen molar-refractivity contribution >= 4 is 31.9 Å². The minimum atomic E-state index is -3.36. The highest BCUT2D eigenvalue weighted by Crippen LogP contribution is 2.23. The molecule has 1 aliphatic rings. The molecule has 0 radical (unpaired) electrons. The molecule has 1 heterocycles. The van der Waals surface area contributed by atoms with E-state index in [0.29, 0.717) is 25.9 Å². The van der Waals surface area contributed by atoms with E-state index in [1.807, 2.05) is 45.0 Å². The average molecular weight is 417 g/mol. The maximum absolute atomic E-state index is 12.6. The summed E-state index contributed by atoms with van der Waals surface area (Å²) in [4.78, 5) is 12.2. The molecule has 0 spiro atoms. The molecule has 1 N–H and O–H groups in total. The van der Waals surface area contributed by atoms with Crippen LogP contribution in [0.3, 0.4) is 0 Å². The average Bonchev–Trinajstić information content (AvgIpc) is 2.45. The zero-order valence-electron chi connectivity index (χ0n) is 14.4. The molecule has 0 bridgehead atoms. The Balaban J connectivity index is 1.94. The fourth-order valence-electron chi connectivity index (χ4n) is 2.80. The summed E-state index contributed by atoms with van der Waals surface area (Å²) in [5, 5.41) is 2.98. The number of amides is 1. The highest BCUT2D eigenvalue weighted by Gasteiger charge is 2.32. The van der Waals surface area contributed by atoms with Crippen LogP contribution < -0.4 is 5.32 Å². The van der Waals surface area contributed by atoms with Crippen LogP contribution in [0.1, 0.15) is 39.2 Å². The second-order valence-electron chi connectivity index (χ2n) is 7.30. The van der Waals surface area contributed by atoms with Crippen molar-refractivity contribution < 1.29 is 13.2 Å². The Labute approximate surface area is 153 Å². The van der Waals surface area contributed by atoms with E-state index in [9.17, 15) is 13.2 Å². The molecule has 7 heteroatoms. The van der Waals surface area contributed by atoms with Crippen molar-refractivity contribution in [3.05, 3.63) is 34.3 Å². The predicted molar refractivity (Wildman–Crippen MR) is 99.0 cm³/mol. The lowest BCUT2D eigenvalue weighted by Crippen LogP contribution is -2.48. The van der Waals surface area contributed by atoms with Gasteiger partial charge in [-0.05, 0) is 51.3 Å². The van der Waals surface area contributed by atoms with E-state index in [2.05, 4.69) is 21.2 Å². The van der Waals surface area contributed by atoms with Crippen molar-refractivity contribution in [3.8, 4) is 0 Å². The van der Waals surface area contributed by atoms with Crippen molar-refractivity contribution in [1.82, 2.24) is 9.62 Å². The minimum Gasteiger partial charge on any atom is -0.351 e. The van der Waals surface area contributed by atoms with Crippen LogP contribution in [0.15, 0.2) is 28.7 Å². The lowest BCUT2D eigenvalue weighted by Gasteiger charge is -2.32. The lowest BCUT2D eigenvalue weighted by molar-refractivity contribution is -0.127. The summed E-state index contributed by atoms with van der Waals surface area (Å²) in [5.74, 6) is -0.0984.